The molecular formula is C50H100O2. The molecule has 0 aliphatic carbocycles. The Labute approximate surface area is 330 Å². The van der Waals surface area contributed by atoms with Crippen molar-refractivity contribution in [3.8, 4) is 0 Å². The first-order valence-electron chi connectivity index (χ1n) is 24.8. The molecule has 312 valence electrons. The zero-order valence-corrected chi connectivity index (χ0v) is 37.0. The van der Waals surface area contributed by atoms with Crippen LogP contribution in [0, 0.1) is 17.8 Å². The van der Waals surface area contributed by atoms with E-state index in [0.717, 1.165) is 12.8 Å². The second-order valence-electron chi connectivity index (χ2n) is 17.5. The van der Waals surface area contributed by atoms with Crippen molar-refractivity contribution < 1.29 is 9.53 Å². The summed E-state index contributed by atoms with van der Waals surface area (Å²) in [6.07, 6.45) is 53.6. The minimum atomic E-state index is 0.114. The lowest BCUT2D eigenvalue weighted by Crippen LogP contribution is -2.24. The van der Waals surface area contributed by atoms with Gasteiger partial charge in [-0.2, -0.15) is 0 Å². The van der Waals surface area contributed by atoms with Crippen LogP contribution in [-0.2, 0) is 9.53 Å². The van der Waals surface area contributed by atoms with Gasteiger partial charge in [-0.1, -0.05) is 266 Å². The molecule has 52 heavy (non-hydrogen) atoms. The third-order valence-electron chi connectivity index (χ3n) is 12.2. The molecule has 2 nitrogen and oxygen atoms in total. The highest BCUT2D eigenvalue weighted by molar-refractivity contribution is 5.72. The lowest BCUT2D eigenvalue weighted by molar-refractivity contribution is -0.151. The van der Waals surface area contributed by atoms with Crippen molar-refractivity contribution >= 4 is 5.97 Å². The van der Waals surface area contributed by atoms with Gasteiger partial charge in [0.05, 0.1) is 12.5 Å². The first-order chi connectivity index (χ1) is 25.6. The molecule has 0 heterocycles. The Bertz CT molecular complexity index is 673. The van der Waals surface area contributed by atoms with Crippen LogP contribution in [0.1, 0.15) is 291 Å². The van der Waals surface area contributed by atoms with Crippen LogP contribution >= 0.6 is 0 Å². The van der Waals surface area contributed by atoms with Crippen LogP contribution in [0.2, 0.25) is 0 Å². The molecule has 0 fully saturated rings. The molecule has 0 aromatic carbocycles. The van der Waals surface area contributed by atoms with Gasteiger partial charge in [-0.15, -0.1) is 0 Å². The number of hydrogen-bond donors (Lipinski definition) is 0. The summed E-state index contributed by atoms with van der Waals surface area (Å²) in [6.45, 7) is 12.2. The Hall–Kier alpha value is -0.530. The van der Waals surface area contributed by atoms with Crippen molar-refractivity contribution in [2.45, 2.75) is 291 Å². The molecule has 0 rings (SSSR count). The van der Waals surface area contributed by atoms with Gasteiger partial charge in [0.25, 0.3) is 0 Å². The van der Waals surface area contributed by atoms with Crippen LogP contribution in [0.3, 0.4) is 0 Å². The first kappa shape index (κ1) is 51.5. The number of hydrogen-bond acceptors (Lipinski definition) is 2. The fourth-order valence-corrected chi connectivity index (χ4v) is 8.47. The summed E-state index contributed by atoms with van der Waals surface area (Å²) in [6, 6.07) is 0. The first-order valence-corrected chi connectivity index (χ1v) is 24.8. The van der Waals surface area contributed by atoms with Crippen molar-refractivity contribution in [3.05, 3.63) is 0 Å². The molecule has 0 spiro atoms. The Morgan fingerprint density at radius 2 is 0.577 bits per heavy atom. The van der Waals surface area contributed by atoms with Crippen molar-refractivity contribution in [3.63, 3.8) is 0 Å². The summed E-state index contributed by atoms with van der Waals surface area (Å²) in [5, 5.41) is 0. The SMILES string of the molecule is CCCCCCCCCCCCCCCCC(CC(CCCCCC)CCCCCCCC)C(=O)OCC(CCCCCC)CCCCCCCC. The summed E-state index contributed by atoms with van der Waals surface area (Å²) >= 11 is 0. The van der Waals surface area contributed by atoms with Crippen molar-refractivity contribution in [1.82, 2.24) is 0 Å². The van der Waals surface area contributed by atoms with Gasteiger partial charge >= 0.3 is 5.97 Å². The van der Waals surface area contributed by atoms with Gasteiger partial charge in [0.2, 0.25) is 0 Å². The average molecular weight is 733 g/mol. The Morgan fingerprint density at radius 3 is 0.904 bits per heavy atom. The molecular weight excluding hydrogens is 633 g/mol. The predicted octanol–water partition coefficient (Wildman–Crippen LogP) is 18.1. The normalized spacial score (nSPS) is 13.4. The van der Waals surface area contributed by atoms with Gasteiger partial charge in [-0.3, -0.25) is 4.79 Å². The van der Waals surface area contributed by atoms with E-state index in [1.165, 1.54) is 244 Å². The van der Waals surface area contributed by atoms with Gasteiger partial charge in [0, 0.05) is 0 Å². The molecule has 0 bridgehead atoms. The number of esters is 1. The van der Waals surface area contributed by atoms with Gasteiger partial charge in [-0.05, 0) is 37.5 Å². The van der Waals surface area contributed by atoms with Gasteiger partial charge in [0.15, 0.2) is 0 Å². The summed E-state index contributed by atoms with van der Waals surface area (Å²) in [4.78, 5) is 14.0. The molecule has 0 aromatic heterocycles. The number of carbonyl (C=O) groups excluding carboxylic acids is 1. The Morgan fingerprint density at radius 1 is 0.327 bits per heavy atom. The molecule has 3 atom stereocenters. The van der Waals surface area contributed by atoms with Crippen molar-refractivity contribution in [1.29, 1.82) is 0 Å². The van der Waals surface area contributed by atoms with Gasteiger partial charge in [0.1, 0.15) is 0 Å². The maximum atomic E-state index is 14.0. The van der Waals surface area contributed by atoms with Crippen LogP contribution in [0.4, 0.5) is 0 Å². The highest BCUT2D eigenvalue weighted by Gasteiger charge is 2.25. The molecule has 0 aromatic rings. The molecule has 0 aliphatic heterocycles. The van der Waals surface area contributed by atoms with Crippen LogP contribution in [0.5, 0.6) is 0 Å². The van der Waals surface area contributed by atoms with E-state index in [0.29, 0.717) is 18.4 Å². The van der Waals surface area contributed by atoms with E-state index >= 15 is 0 Å². The second-order valence-corrected chi connectivity index (χ2v) is 17.5. The predicted molar refractivity (Wildman–Crippen MR) is 234 cm³/mol. The molecule has 0 radical (unpaired) electrons. The van der Waals surface area contributed by atoms with Crippen molar-refractivity contribution in [2.75, 3.05) is 6.61 Å². The third-order valence-corrected chi connectivity index (χ3v) is 12.2. The summed E-state index contributed by atoms with van der Waals surface area (Å²) in [7, 11) is 0. The lowest BCUT2D eigenvalue weighted by Gasteiger charge is -2.24. The molecule has 2 heteroatoms. The van der Waals surface area contributed by atoms with Crippen LogP contribution in [0.15, 0.2) is 0 Å². The van der Waals surface area contributed by atoms with Gasteiger partial charge < -0.3 is 4.74 Å². The summed E-state index contributed by atoms with van der Waals surface area (Å²) < 4.78 is 6.36. The summed E-state index contributed by atoms with van der Waals surface area (Å²) in [5.41, 5.74) is 0. The lowest BCUT2D eigenvalue weighted by atomic mass is 9.84. The quantitative estimate of drug-likeness (QED) is 0.0460. The van der Waals surface area contributed by atoms with Crippen LogP contribution in [-0.4, -0.2) is 12.6 Å². The standard InChI is InChI=1S/C50H100O2/c1-6-11-16-21-24-25-26-27-28-29-30-31-34-39-44-49(45-47(40-35-19-14-9-4)41-37-32-22-17-12-7-2)50(51)52-46-48(42-36-20-15-10-5)43-38-33-23-18-13-8-3/h47-49H,6-46H2,1-5H3. The topological polar surface area (TPSA) is 26.3 Å². The number of ether oxygens (including phenoxy) is 1. The number of rotatable bonds is 44. The fraction of sp³-hybridized carbons (Fsp3) is 0.980. The third kappa shape index (κ3) is 36.4. The van der Waals surface area contributed by atoms with E-state index in [9.17, 15) is 4.79 Å². The maximum Gasteiger partial charge on any atom is 0.308 e. The van der Waals surface area contributed by atoms with Crippen LogP contribution < -0.4 is 0 Å². The van der Waals surface area contributed by atoms with E-state index in [1.54, 1.807) is 0 Å². The monoisotopic (exact) mass is 733 g/mol. The molecule has 0 amide bonds. The van der Waals surface area contributed by atoms with E-state index in [2.05, 4.69) is 34.6 Å². The molecule has 0 N–H and O–H groups in total. The van der Waals surface area contributed by atoms with E-state index in [-0.39, 0.29) is 11.9 Å². The minimum Gasteiger partial charge on any atom is -0.465 e. The second kappa shape index (κ2) is 43.2. The van der Waals surface area contributed by atoms with E-state index < -0.39 is 0 Å². The number of unbranched alkanes of at least 4 members (excludes halogenated alkanes) is 29. The average Bonchev–Trinajstić information content (AvgIpc) is 3.15. The van der Waals surface area contributed by atoms with Crippen LogP contribution in [0.25, 0.3) is 0 Å². The Balaban J connectivity index is 5.11. The van der Waals surface area contributed by atoms with E-state index in [4.69, 9.17) is 4.74 Å². The van der Waals surface area contributed by atoms with E-state index in [1.807, 2.05) is 0 Å². The van der Waals surface area contributed by atoms with Crippen molar-refractivity contribution in [2.24, 2.45) is 17.8 Å². The highest BCUT2D eigenvalue weighted by Crippen LogP contribution is 2.30. The molecule has 0 aliphatic rings. The Kier molecular flexibility index (Phi) is 42.8. The molecule has 0 saturated carbocycles. The smallest absolute Gasteiger partial charge is 0.308 e. The zero-order chi connectivity index (χ0) is 38.0. The maximum absolute atomic E-state index is 14.0. The van der Waals surface area contributed by atoms with Gasteiger partial charge in [-0.25, -0.2) is 0 Å². The number of carbonyl (C=O) groups is 1. The minimum absolute atomic E-state index is 0.114. The zero-order valence-electron chi connectivity index (χ0n) is 37.0. The summed E-state index contributed by atoms with van der Waals surface area (Å²) in [5.74, 6) is 1.53. The largest absolute Gasteiger partial charge is 0.465 e. The molecule has 3 unspecified atom stereocenters. The molecule has 0 saturated heterocycles. The highest BCUT2D eigenvalue weighted by atomic mass is 16.5. The fourth-order valence-electron chi connectivity index (χ4n) is 8.47.